The van der Waals surface area contributed by atoms with Crippen LogP contribution < -0.4 is 4.74 Å². The minimum absolute atomic E-state index is 0.194. The molecule has 142 valence electrons. The van der Waals surface area contributed by atoms with Crippen molar-refractivity contribution in [2.75, 3.05) is 7.11 Å². The van der Waals surface area contributed by atoms with Crippen LogP contribution >= 0.6 is 11.8 Å². The summed E-state index contributed by atoms with van der Waals surface area (Å²) in [4.78, 5) is 2.29. The molecular formula is C25H20N2OS. The Balaban J connectivity index is 1.97. The molecule has 4 rings (SSSR count). The number of hydrogen-bond donors (Lipinski definition) is 0. The molecule has 4 heteroatoms. The van der Waals surface area contributed by atoms with Gasteiger partial charge in [0.15, 0.2) is 0 Å². The van der Waals surface area contributed by atoms with Crippen molar-refractivity contribution in [2.24, 2.45) is 11.8 Å². The Morgan fingerprint density at radius 3 is 2.41 bits per heavy atom. The number of ether oxygens (including phenoxy) is 1. The van der Waals surface area contributed by atoms with Crippen LogP contribution in [0.5, 0.6) is 5.75 Å². The molecule has 0 aromatic heterocycles. The molecule has 1 aliphatic heterocycles. The lowest BCUT2D eigenvalue weighted by Gasteiger charge is -2.29. The SMILES string of the molecule is COc1cc(C)c(C2=C3C=CC(C(C#N)C#N)C=C3Sc3ccccc32)c(C)c1. The van der Waals surface area contributed by atoms with E-state index in [1.54, 1.807) is 18.9 Å². The maximum Gasteiger partial charge on any atom is 0.143 e. The van der Waals surface area contributed by atoms with Gasteiger partial charge in [0.05, 0.1) is 19.2 Å². The average Bonchev–Trinajstić information content (AvgIpc) is 2.73. The van der Waals surface area contributed by atoms with E-state index in [1.165, 1.54) is 21.6 Å². The van der Waals surface area contributed by atoms with Crippen LogP contribution in [-0.2, 0) is 0 Å². The van der Waals surface area contributed by atoms with Gasteiger partial charge in [0.2, 0.25) is 0 Å². The third-order valence-corrected chi connectivity index (χ3v) is 6.55. The first-order valence-corrected chi connectivity index (χ1v) is 10.3. The van der Waals surface area contributed by atoms with Gasteiger partial charge in [-0.25, -0.2) is 0 Å². The van der Waals surface area contributed by atoms with Crippen molar-refractivity contribution in [2.45, 2.75) is 18.7 Å². The van der Waals surface area contributed by atoms with Crippen molar-refractivity contribution in [3.8, 4) is 17.9 Å². The summed E-state index contributed by atoms with van der Waals surface area (Å²) in [7, 11) is 1.69. The predicted octanol–water partition coefficient (Wildman–Crippen LogP) is 5.95. The average molecular weight is 397 g/mol. The molecule has 0 saturated heterocycles. The molecule has 1 unspecified atom stereocenters. The number of thioether (sulfide) groups is 1. The number of allylic oxidation sites excluding steroid dienone is 4. The van der Waals surface area contributed by atoms with Crippen molar-refractivity contribution in [1.82, 2.24) is 0 Å². The molecule has 2 aromatic carbocycles. The van der Waals surface area contributed by atoms with Gasteiger partial charge in [-0.15, -0.1) is 0 Å². The molecule has 2 aliphatic rings. The second-order valence-electron chi connectivity index (χ2n) is 7.23. The summed E-state index contributed by atoms with van der Waals surface area (Å²) >= 11 is 1.71. The van der Waals surface area contributed by atoms with Crippen LogP contribution in [0, 0.1) is 48.3 Å². The molecular weight excluding hydrogens is 376 g/mol. The van der Waals surface area contributed by atoms with Crippen LogP contribution in [0.1, 0.15) is 22.3 Å². The molecule has 0 N–H and O–H groups in total. The first-order valence-electron chi connectivity index (χ1n) is 9.44. The van der Waals surface area contributed by atoms with Gasteiger partial charge < -0.3 is 4.74 Å². The number of nitriles is 2. The second-order valence-corrected chi connectivity index (χ2v) is 8.31. The number of nitrogens with zero attached hydrogens (tertiary/aromatic N) is 2. The topological polar surface area (TPSA) is 56.8 Å². The lowest BCUT2D eigenvalue weighted by molar-refractivity contribution is 0.414. The van der Waals surface area contributed by atoms with E-state index in [0.29, 0.717) is 0 Å². The van der Waals surface area contributed by atoms with Gasteiger partial charge in [-0.3, -0.25) is 0 Å². The predicted molar refractivity (Wildman–Crippen MR) is 116 cm³/mol. The van der Waals surface area contributed by atoms with E-state index in [1.807, 2.05) is 12.1 Å². The van der Waals surface area contributed by atoms with Crippen molar-refractivity contribution in [3.63, 3.8) is 0 Å². The Bertz CT molecular complexity index is 1140. The van der Waals surface area contributed by atoms with E-state index in [9.17, 15) is 10.5 Å². The van der Waals surface area contributed by atoms with Gasteiger partial charge >= 0.3 is 0 Å². The van der Waals surface area contributed by atoms with E-state index in [2.05, 4.69) is 68.5 Å². The van der Waals surface area contributed by atoms with Gasteiger partial charge in [0.25, 0.3) is 0 Å². The Morgan fingerprint density at radius 1 is 1.07 bits per heavy atom. The lowest BCUT2D eigenvalue weighted by atomic mass is 9.83. The Hall–Kier alpha value is -3.21. The first-order chi connectivity index (χ1) is 14.1. The summed E-state index contributed by atoms with van der Waals surface area (Å²) < 4.78 is 5.45. The highest BCUT2D eigenvalue weighted by molar-refractivity contribution is 8.03. The van der Waals surface area contributed by atoms with E-state index in [-0.39, 0.29) is 5.92 Å². The number of hydrogen-bond acceptors (Lipinski definition) is 4. The van der Waals surface area contributed by atoms with Crippen LogP contribution in [0.25, 0.3) is 5.57 Å². The quantitative estimate of drug-likeness (QED) is 0.643. The molecule has 2 aromatic rings. The molecule has 0 amide bonds. The zero-order valence-corrected chi connectivity index (χ0v) is 17.4. The molecule has 0 fully saturated rings. The highest BCUT2D eigenvalue weighted by Crippen LogP contribution is 2.50. The van der Waals surface area contributed by atoms with Crippen molar-refractivity contribution in [1.29, 1.82) is 10.5 Å². The molecule has 0 radical (unpaired) electrons. The first kappa shape index (κ1) is 19.1. The zero-order valence-electron chi connectivity index (χ0n) is 16.6. The van der Waals surface area contributed by atoms with Crippen LogP contribution in [0.2, 0.25) is 0 Å². The number of benzene rings is 2. The van der Waals surface area contributed by atoms with Gasteiger partial charge in [-0.1, -0.05) is 48.2 Å². The van der Waals surface area contributed by atoms with Crippen LogP contribution in [0.3, 0.4) is 0 Å². The molecule has 29 heavy (non-hydrogen) atoms. The van der Waals surface area contributed by atoms with Crippen LogP contribution in [0.15, 0.2) is 70.0 Å². The fraction of sp³-hybridized carbons (Fsp3) is 0.200. The monoisotopic (exact) mass is 396 g/mol. The third-order valence-electron chi connectivity index (χ3n) is 5.40. The van der Waals surface area contributed by atoms with Gasteiger partial charge in [-0.2, -0.15) is 10.5 Å². The van der Waals surface area contributed by atoms with Crippen LogP contribution in [0.4, 0.5) is 0 Å². The normalized spacial score (nSPS) is 17.2. The number of methoxy groups -OCH3 is 1. The lowest BCUT2D eigenvalue weighted by Crippen LogP contribution is -2.13. The van der Waals surface area contributed by atoms with Crippen molar-refractivity contribution >= 4 is 17.3 Å². The van der Waals surface area contributed by atoms with E-state index >= 15 is 0 Å². The smallest absolute Gasteiger partial charge is 0.143 e. The van der Waals surface area contributed by atoms with Gasteiger partial charge in [0.1, 0.15) is 11.7 Å². The highest BCUT2D eigenvalue weighted by atomic mass is 32.2. The fourth-order valence-electron chi connectivity index (χ4n) is 4.04. The van der Waals surface area contributed by atoms with E-state index < -0.39 is 5.92 Å². The maximum absolute atomic E-state index is 9.32. The van der Waals surface area contributed by atoms with Crippen molar-refractivity contribution < 1.29 is 4.74 Å². The Kier molecular flexibility index (Phi) is 5.05. The Morgan fingerprint density at radius 2 is 1.76 bits per heavy atom. The third kappa shape index (κ3) is 3.27. The number of rotatable bonds is 3. The molecule has 1 heterocycles. The van der Waals surface area contributed by atoms with Gasteiger partial charge in [0, 0.05) is 15.7 Å². The fourth-order valence-corrected chi connectivity index (χ4v) is 5.21. The minimum Gasteiger partial charge on any atom is -0.497 e. The molecule has 3 nitrogen and oxygen atoms in total. The molecule has 0 bridgehead atoms. The summed E-state index contributed by atoms with van der Waals surface area (Å²) in [5.41, 5.74) is 7.08. The number of fused-ring (bicyclic) bond motifs is 2. The summed E-state index contributed by atoms with van der Waals surface area (Å²) in [5.74, 6) is -0.0134. The van der Waals surface area contributed by atoms with Crippen LogP contribution in [-0.4, -0.2) is 7.11 Å². The van der Waals surface area contributed by atoms with Crippen molar-refractivity contribution in [3.05, 3.63) is 87.4 Å². The summed E-state index contributed by atoms with van der Waals surface area (Å²) in [6.45, 7) is 4.23. The van der Waals surface area contributed by atoms with Gasteiger partial charge in [-0.05, 0) is 65.4 Å². The van der Waals surface area contributed by atoms with E-state index in [4.69, 9.17) is 4.74 Å². The molecule has 1 atom stereocenters. The molecule has 1 aliphatic carbocycles. The largest absolute Gasteiger partial charge is 0.497 e. The molecule has 0 spiro atoms. The summed E-state index contributed by atoms with van der Waals surface area (Å²) in [5, 5.41) is 18.6. The highest BCUT2D eigenvalue weighted by Gasteiger charge is 2.29. The molecule has 0 saturated carbocycles. The number of aryl methyl sites for hydroxylation is 2. The standard InChI is InChI=1S/C25H20N2OS/c1-15-10-19(28-3)11-16(2)24(15)25-20-6-4-5-7-22(20)29-23-12-17(8-9-21(23)25)18(13-26)14-27/h4-12,17-18H,1-3H3. The van der Waals surface area contributed by atoms with E-state index in [0.717, 1.165) is 27.4 Å². The minimum atomic E-state index is -0.675. The second kappa shape index (κ2) is 7.66. The zero-order chi connectivity index (χ0) is 20.5. The summed E-state index contributed by atoms with van der Waals surface area (Å²) in [6.07, 6.45) is 6.14. The maximum atomic E-state index is 9.32. The Labute approximate surface area is 175 Å². The summed E-state index contributed by atoms with van der Waals surface area (Å²) in [6, 6.07) is 16.8.